The van der Waals surface area contributed by atoms with Crippen LogP contribution in [-0.4, -0.2) is 19.3 Å². The average molecular weight is 324 g/mol. The maximum Gasteiger partial charge on any atom is 0.316 e. The molecule has 0 bridgehead atoms. The fraction of sp³-hybridized carbons (Fsp3) is 0.294. The average Bonchev–Trinajstić information content (AvgIpc) is 3.17. The van der Waals surface area contributed by atoms with Crippen molar-refractivity contribution in [3.63, 3.8) is 0 Å². The Hall–Kier alpha value is -2.96. The van der Waals surface area contributed by atoms with Crippen LogP contribution in [0.15, 0.2) is 57.1 Å². The lowest BCUT2D eigenvalue weighted by Crippen LogP contribution is -2.43. The zero-order valence-electron chi connectivity index (χ0n) is 13.2. The van der Waals surface area contributed by atoms with Crippen molar-refractivity contribution in [2.24, 2.45) is 0 Å². The predicted molar refractivity (Wildman–Crippen MR) is 86.7 cm³/mol. The molecule has 0 aliphatic heterocycles. The van der Waals surface area contributed by atoms with Crippen LogP contribution >= 0.6 is 0 Å². The highest BCUT2D eigenvalue weighted by Gasteiger charge is 2.40. The summed E-state index contributed by atoms with van der Waals surface area (Å²) in [6.45, 7) is 2.15. The highest BCUT2D eigenvalue weighted by Crippen LogP contribution is 2.41. The topological polar surface area (TPSA) is 82.9 Å². The highest BCUT2D eigenvalue weighted by molar-refractivity contribution is 5.57. The summed E-state index contributed by atoms with van der Waals surface area (Å²) >= 11 is 0. The molecule has 4 rings (SSSR count). The summed E-state index contributed by atoms with van der Waals surface area (Å²) in [6, 6.07) is 5.43. The van der Waals surface area contributed by atoms with Crippen LogP contribution in [-0.2, 0) is 12.1 Å². The van der Waals surface area contributed by atoms with Gasteiger partial charge in [0.25, 0.3) is 0 Å². The van der Waals surface area contributed by atoms with Crippen LogP contribution in [0.25, 0.3) is 11.3 Å². The minimum Gasteiger partial charge on any atom is -0.359 e. The van der Waals surface area contributed by atoms with Crippen LogP contribution in [0, 0.1) is 0 Å². The van der Waals surface area contributed by atoms with E-state index in [0.717, 1.165) is 18.4 Å². The molecule has 1 aliphatic rings. The van der Waals surface area contributed by atoms with Crippen molar-refractivity contribution < 1.29 is 4.52 Å². The monoisotopic (exact) mass is 324 g/mol. The summed E-state index contributed by atoms with van der Waals surface area (Å²) in [5.74, 6) is 0.505. The molecule has 0 radical (unpaired) electrons. The summed E-state index contributed by atoms with van der Waals surface area (Å²) < 4.78 is 8.16. The molecule has 0 unspecified atom stereocenters. The van der Waals surface area contributed by atoms with Crippen molar-refractivity contribution in [2.45, 2.75) is 31.8 Å². The first-order valence-electron chi connectivity index (χ1n) is 7.75. The van der Waals surface area contributed by atoms with Gasteiger partial charge in [-0.1, -0.05) is 5.16 Å². The molecule has 1 aliphatic carbocycles. The molecule has 0 saturated heterocycles. The van der Waals surface area contributed by atoms with Crippen LogP contribution < -0.4 is 11.1 Å². The molecule has 0 amide bonds. The molecule has 1 fully saturated rings. The summed E-state index contributed by atoms with van der Waals surface area (Å²) in [7, 11) is 0. The van der Waals surface area contributed by atoms with Crippen molar-refractivity contribution >= 4 is 0 Å². The van der Waals surface area contributed by atoms with Crippen LogP contribution in [0.2, 0.25) is 0 Å². The lowest BCUT2D eigenvalue weighted by Gasteiger charge is -2.13. The Labute approximate surface area is 137 Å². The largest absolute Gasteiger partial charge is 0.359 e. The van der Waals surface area contributed by atoms with Crippen LogP contribution in [0.3, 0.4) is 0 Å². The van der Waals surface area contributed by atoms with Gasteiger partial charge in [-0.25, -0.2) is 0 Å². The molecule has 3 aromatic heterocycles. The molecule has 7 nitrogen and oxygen atoms in total. The van der Waals surface area contributed by atoms with Gasteiger partial charge in [0.15, 0.2) is 5.76 Å². The molecule has 0 spiro atoms. The smallest absolute Gasteiger partial charge is 0.316 e. The molecule has 1 saturated carbocycles. The summed E-state index contributed by atoms with van der Waals surface area (Å²) in [6.07, 6.45) is 8.51. The number of pyridine rings is 1. The summed E-state index contributed by atoms with van der Waals surface area (Å²) in [4.78, 5) is 28.6. The molecule has 7 heteroatoms. The normalized spacial score (nSPS) is 15.4. The van der Waals surface area contributed by atoms with Gasteiger partial charge in [0.05, 0.1) is 6.54 Å². The molecule has 3 aromatic rings. The van der Waals surface area contributed by atoms with Crippen molar-refractivity contribution in [1.82, 2.24) is 19.3 Å². The Balaban J connectivity index is 1.63. The molecular weight excluding hydrogens is 308 g/mol. The van der Waals surface area contributed by atoms with Crippen molar-refractivity contribution in [3.05, 3.63) is 69.5 Å². The van der Waals surface area contributed by atoms with Crippen molar-refractivity contribution in [3.8, 4) is 11.3 Å². The van der Waals surface area contributed by atoms with Gasteiger partial charge in [0, 0.05) is 42.0 Å². The van der Waals surface area contributed by atoms with Crippen LogP contribution in [0.4, 0.5) is 0 Å². The lowest BCUT2D eigenvalue weighted by molar-refractivity contribution is 0.375. The van der Waals surface area contributed by atoms with Gasteiger partial charge in [0.1, 0.15) is 5.69 Å². The standard InChI is InChI=1S/C17H16N4O3/c1-17(4-5-17)21-8-7-20(15(22)16(21)23)11-13-9-14(19-24-13)12-3-2-6-18-10-12/h2-3,6-10H,4-5,11H2,1H3. The Morgan fingerprint density at radius 2 is 2.08 bits per heavy atom. The van der Waals surface area contributed by atoms with E-state index in [1.165, 1.54) is 9.13 Å². The van der Waals surface area contributed by atoms with E-state index in [1.54, 1.807) is 30.9 Å². The number of hydrogen-bond donors (Lipinski definition) is 0. The second-order valence-corrected chi connectivity index (χ2v) is 6.32. The zero-order valence-corrected chi connectivity index (χ0v) is 13.2. The van der Waals surface area contributed by atoms with Gasteiger partial charge in [-0.15, -0.1) is 0 Å². The third kappa shape index (κ3) is 2.47. The molecule has 122 valence electrons. The van der Waals surface area contributed by atoms with Crippen molar-refractivity contribution in [2.75, 3.05) is 0 Å². The van der Waals surface area contributed by atoms with E-state index in [0.29, 0.717) is 11.5 Å². The zero-order chi connectivity index (χ0) is 16.7. The van der Waals surface area contributed by atoms with Crippen LogP contribution in [0.5, 0.6) is 0 Å². The van der Waals surface area contributed by atoms with E-state index in [9.17, 15) is 9.59 Å². The number of nitrogens with zero attached hydrogens (tertiary/aromatic N) is 4. The molecule has 24 heavy (non-hydrogen) atoms. The number of hydrogen-bond acceptors (Lipinski definition) is 5. The van der Waals surface area contributed by atoms with Gasteiger partial charge in [-0.05, 0) is 31.9 Å². The Kier molecular flexibility index (Phi) is 3.23. The van der Waals surface area contributed by atoms with Gasteiger partial charge in [-0.2, -0.15) is 0 Å². The summed E-state index contributed by atoms with van der Waals surface area (Å²) in [5.41, 5.74) is 0.228. The number of aromatic nitrogens is 4. The van der Waals surface area contributed by atoms with E-state index in [1.807, 2.05) is 19.1 Å². The Morgan fingerprint density at radius 3 is 2.79 bits per heavy atom. The quantitative estimate of drug-likeness (QED) is 0.681. The molecule has 3 heterocycles. The molecule has 0 aromatic carbocycles. The van der Waals surface area contributed by atoms with Gasteiger partial charge in [0.2, 0.25) is 0 Å². The molecule has 0 N–H and O–H groups in total. The fourth-order valence-electron chi connectivity index (χ4n) is 2.69. The SMILES string of the molecule is CC1(n2ccn(Cc3cc(-c4cccnc4)no3)c(=O)c2=O)CC1. The Morgan fingerprint density at radius 1 is 1.25 bits per heavy atom. The van der Waals surface area contributed by atoms with E-state index in [4.69, 9.17) is 4.52 Å². The first-order chi connectivity index (χ1) is 11.6. The first kappa shape index (κ1) is 14.6. The third-order valence-corrected chi connectivity index (χ3v) is 4.46. The first-order valence-corrected chi connectivity index (χ1v) is 7.75. The maximum absolute atomic E-state index is 12.3. The predicted octanol–water partition coefficient (Wildman–Crippen LogP) is 1.62. The minimum atomic E-state index is -0.551. The van der Waals surface area contributed by atoms with Gasteiger partial charge < -0.3 is 13.7 Å². The lowest BCUT2D eigenvalue weighted by atomic mass is 10.2. The Bertz CT molecular complexity index is 996. The second kappa shape index (κ2) is 5.30. The molecular formula is C17H16N4O3. The van der Waals surface area contributed by atoms with Gasteiger partial charge >= 0.3 is 11.1 Å². The third-order valence-electron chi connectivity index (χ3n) is 4.46. The molecule has 0 atom stereocenters. The second-order valence-electron chi connectivity index (χ2n) is 6.32. The van der Waals surface area contributed by atoms with E-state index in [2.05, 4.69) is 10.1 Å². The fourth-order valence-corrected chi connectivity index (χ4v) is 2.69. The van der Waals surface area contributed by atoms with Crippen LogP contribution in [0.1, 0.15) is 25.5 Å². The minimum absolute atomic E-state index is 0.166. The van der Waals surface area contributed by atoms with E-state index >= 15 is 0 Å². The highest BCUT2D eigenvalue weighted by atomic mass is 16.5. The number of rotatable bonds is 4. The van der Waals surface area contributed by atoms with E-state index < -0.39 is 11.1 Å². The van der Waals surface area contributed by atoms with Gasteiger partial charge in [-0.3, -0.25) is 14.6 Å². The maximum atomic E-state index is 12.3. The van der Waals surface area contributed by atoms with E-state index in [-0.39, 0.29) is 12.1 Å². The summed E-state index contributed by atoms with van der Waals surface area (Å²) in [5, 5.41) is 3.99. The van der Waals surface area contributed by atoms with Crippen molar-refractivity contribution in [1.29, 1.82) is 0 Å².